The average molecular weight is 460 g/mol. The second kappa shape index (κ2) is 10.1. The summed E-state index contributed by atoms with van der Waals surface area (Å²) in [5, 5.41) is 3.46. The van der Waals surface area contributed by atoms with Crippen molar-refractivity contribution in [1.82, 2.24) is 20.2 Å². The van der Waals surface area contributed by atoms with Gasteiger partial charge >= 0.3 is 12.1 Å². The minimum absolute atomic E-state index is 0.119. The number of nitrogens with one attached hydrogen (secondary N) is 1. The maximum atomic E-state index is 12.7. The maximum Gasteiger partial charge on any atom is 0.410 e. The summed E-state index contributed by atoms with van der Waals surface area (Å²) in [6.07, 6.45) is 0.481. The van der Waals surface area contributed by atoms with Gasteiger partial charge in [-0.3, -0.25) is 4.79 Å². The van der Waals surface area contributed by atoms with Crippen LogP contribution in [0.3, 0.4) is 0 Å². The fourth-order valence-corrected chi connectivity index (χ4v) is 4.29. The molecule has 2 aliphatic rings. The summed E-state index contributed by atoms with van der Waals surface area (Å²) in [7, 11) is 1.36. The van der Waals surface area contributed by atoms with E-state index in [4.69, 9.17) is 21.1 Å². The van der Waals surface area contributed by atoms with Crippen molar-refractivity contribution in [1.29, 1.82) is 0 Å². The first-order valence-corrected chi connectivity index (χ1v) is 11.0. The molecule has 2 aliphatic heterocycles. The largest absolute Gasteiger partial charge is 0.469 e. The number of carbonyl (C=O) groups excluding carboxylic acids is 2. The normalized spacial score (nSPS) is 18.1. The topological polar surface area (TPSA) is 96.9 Å². The van der Waals surface area contributed by atoms with E-state index in [9.17, 15) is 9.59 Å². The Bertz CT molecular complexity index is 974. The zero-order valence-corrected chi connectivity index (χ0v) is 18.7. The first-order valence-electron chi connectivity index (χ1n) is 10.6. The standard InChI is InChI=1S/C22H26ClN5O4/c1-31-19(29)11-16-13-27(22(30)32-14-15-5-3-2-4-6-15)9-10-28(16)20-17-7-8-24-12-18(17)25-21(23)26-20/h2-6,16,24H,7-14H2,1H3. The monoisotopic (exact) mass is 459 g/mol. The fourth-order valence-electron chi connectivity index (χ4n) is 4.11. The van der Waals surface area contributed by atoms with E-state index < -0.39 is 6.09 Å². The lowest BCUT2D eigenvalue weighted by Crippen LogP contribution is -2.56. The lowest BCUT2D eigenvalue weighted by molar-refractivity contribution is -0.141. The van der Waals surface area contributed by atoms with Crippen molar-refractivity contribution in [2.24, 2.45) is 0 Å². The van der Waals surface area contributed by atoms with Crippen LogP contribution in [0.25, 0.3) is 0 Å². The van der Waals surface area contributed by atoms with E-state index in [-0.39, 0.29) is 30.3 Å². The van der Waals surface area contributed by atoms with E-state index >= 15 is 0 Å². The zero-order valence-electron chi connectivity index (χ0n) is 17.9. The number of esters is 1. The van der Waals surface area contributed by atoms with Gasteiger partial charge in [0.1, 0.15) is 12.4 Å². The molecule has 1 unspecified atom stereocenters. The number of amides is 1. The lowest BCUT2D eigenvalue weighted by atomic mass is 10.0. The van der Waals surface area contributed by atoms with E-state index in [0.717, 1.165) is 35.6 Å². The molecule has 4 rings (SSSR count). The minimum atomic E-state index is -0.407. The highest BCUT2D eigenvalue weighted by atomic mass is 35.5. The van der Waals surface area contributed by atoms with Gasteiger partial charge in [0.05, 0.1) is 25.3 Å². The van der Waals surface area contributed by atoms with Gasteiger partial charge in [-0.1, -0.05) is 30.3 Å². The van der Waals surface area contributed by atoms with E-state index in [1.807, 2.05) is 30.3 Å². The summed E-state index contributed by atoms with van der Waals surface area (Å²) in [5.74, 6) is 0.378. The van der Waals surface area contributed by atoms with Crippen LogP contribution >= 0.6 is 11.6 Å². The van der Waals surface area contributed by atoms with Crippen molar-refractivity contribution in [3.05, 3.63) is 52.4 Å². The van der Waals surface area contributed by atoms with Crippen molar-refractivity contribution in [2.75, 3.05) is 38.2 Å². The summed E-state index contributed by atoms with van der Waals surface area (Å²) in [6.45, 7) is 2.90. The van der Waals surface area contributed by atoms with Gasteiger partial charge in [0.2, 0.25) is 5.28 Å². The molecule has 2 aromatic rings. The fraction of sp³-hybridized carbons (Fsp3) is 0.455. The summed E-state index contributed by atoms with van der Waals surface area (Å²) < 4.78 is 10.4. The van der Waals surface area contributed by atoms with Gasteiger partial charge in [0.25, 0.3) is 0 Å². The molecule has 32 heavy (non-hydrogen) atoms. The highest BCUT2D eigenvalue weighted by Crippen LogP contribution is 2.29. The van der Waals surface area contributed by atoms with Gasteiger partial charge in [0, 0.05) is 31.7 Å². The van der Waals surface area contributed by atoms with Crippen LogP contribution in [-0.2, 0) is 33.8 Å². The van der Waals surface area contributed by atoms with Gasteiger partial charge in [0.15, 0.2) is 0 Å². The summed E-state index contributed by atoms with van der Waals surface area (Å²) in [4.78, 5) is 37.4. The molecule has 1 aromatic carbocycles. The van der Waals surface area contributed by atoms with Crippen molar-refractivity contribution >= 4 is 29.5 Å². The number of fused-ring (bicyclic) bond motifs is 1. The number of piperazine rings is 1. The quantitative estimate of drug-likeness (QED) is 0.536. The van der Waals surface area contributed by atoms with E-state index in [2.05, 4.69) is 20.2 Å². The molecule has 1 aromatic heterocycles. The number of benzene rings is 1. The molecule has 170 valence electrons. The molecule has 1 fully saturated rings. The number of methoxy groups -OCH3 is 1. The second-order valence-electron chi connectivity index (χ2n) is 7.78. The Morgan fingerprint density at radius 3 is 2.81 bits per heavy atom. The van der Waals surface area contributed by atoms with Crippen LogP contribution < -0.4 is 10.2 Å². The number of halogens is 1. The van der Waals surface area contributed by atoms with Crippen LogP contribution in [-0.4, -0.2) is 66.3 Å². The first kappa shape index (κ1) is 22.3. The Morgan fingerprint density at radius 1 is 1.22 bits per heavy atom. The number of hydrogen-bond donors (Lipinski definition) is 1. The predicted octanol–water partition coefficient (Wildman–Crippen LogP) is 2.17. The Morgan fingerprint density at radius 2 is 2.03 bits per heavy atom. The molecule has 1 amide bonds. The third-order valence-corrected chi connectivity index (χ3v) is 5.90. The van der Waals surface area contributed by atoms with Crippen LogP contribution in [0, 0.1) is 0 Å². The van der Waals surface area contributed by atoms with Crippen LogP contribution in [0.15, 0.2) is 30.3 Å². The van der Waals surface area contributed by atoms with Crippen LogP contribution in [0.5, 0.6) is 0 Å². The van der Waals surface area contributed by atoms with Gasteiger partial charge in [-0.15, -0.1) is 0 Å². The Kier molecular flexibility index (Phi) is 7.06. The highest BCUT2D eigenvalue weighted by molar-refractivity contribution is 6.28. The molecule has 0 bridgehead atoms. The molecule has 0 radical (unpaired) electrons. The molecular weight excluding hydrogens is 434 g/mol. The number of ether oxygens (including phenoxy) is 2. The van der Waals surface area contributed by atoms with Gasteiger partial charge in [-0.25, -0.2) is 14.8 Å². The third-order valence-electron chi connectivity index (χ3n) is 5.74. The third kappa shape index (κ3) is 5.11. The Balaban J connectivity index is 1.52. The molecular formula is C22H26ClN5O4. The van der Waals surface area contributed by atoms with Crippen molar-refractivity contribution in [3.63, 3.8) is 0 Å². The Labute approximate surface area is 191 Å². The van der Waals surface area contributed by atoms with Crippen molar-refractivity contribution < 1.29 is 19.1 Å². The van der Waals surface area contributed by atoms with Crippen molar-refractivity contribution in [3.8, 4) is 0 Å². The number of anilines is 1. The Hall–Kier alpha value is -2.91. The SMILES string of the molecule is COC(=O)CC1CN(C(=O)OCc2ccccc2)CCN1c1nc(Cl)nc2c1CCNC2. The summed E-state index contributed by atoms with van der Waals surface area (Å²) in [6, 6.07) is 9.21. The molecule has 3 heterocycles. The number of rotatable bonds is 5. The smallest absolute Gasteiger partial charge is 0.410 e. The van der Waals surface area contributed by atoms with E-state index in [1.54, 1.807) is 4.90 Å². The molecule has 1 N–H and O–H groups in total. The zero-order chi connectivity index (χ0) is 22.5. The maximum absolute atomic E-state index is 12.7. The number of carbonyl (C=O) groups is 2. The molecule has 1 saturated heterocycles. The van der Waals surface area contributed by atoms with E-state index in [0.29, 0.717) is 26.2 Å². The van der Waals surface area contributed by atoms with Crippen LogP contribution in [0.4, 0.5) is 10.6 Å². The molecule has 0 aliphatic carbocycles. The highest BCUT2D eigenvalue weighted by Gasteiger charge is 2.35. The van der Waals surface area contributed by atoms with Crippen molar-refractivity contribution in [2.45, 2.75) is 32.0 Å². The van der Waals surface area contributed by atoms with E-state index in [1.165, 1.54) is 7.11 Å². The number of nitrogens with zero attached hydrogens (tertiary/aromatic N) is 4. The van der Waals surface area contributed by atoms with Crippen LogP contribution in [0.1, 0.15) is 23.2 Å². The summed E-state index contributed by atoms with van der Waals surface area (Å²) >= 11 is 6.21. The summed E-state index contributed by atoms with van der Waals surface area (Å²) in [5.41, 5.74) is 2.82. The molecule has 1 atom stereocenters. The minimum Gasteiger partial charge on any atom is -0.469 e. The van der Waals surface area contributed by atoms with Gasteiger partial charge < -0.3 is 24.6 Å². The lowest BCUT2D eigenvalue weighted by Gasteiger charge is -2.42. The van der Waals surface area contributed by atoms with Gasteiger partial charge in [-0.2, -0.15) is 0 Å². The van der Waals surface area contributed by atoms with Gasteiger partial charge in [-0.05, 0) is 30.1 Å². The molecule has 0 saturated carbocycles. The first-order chi connectivity index (χ1) is 15.5. The number of hydrogen-bond acceptors (Lipinski definition) is 8. The van der Waals surface area contributed by atoms with Crippen LogP contribution in [0.2, 0.25) is 5.28 Å². The number of aromatic nitrogens is 2. The molecule has 0 spiro atoms. The molecule has 10 heteroatoms. The average Bonchev–Trinajstić information content (AvgIpc) is 2.82. The second-order valence-corrected chi connectivity index (χ2v) is 8.12. The molecule has 9 nitrogen and oxygen atoms in total. The predicted molar refractivity (Wildman–Crippen MR) is 118 cm³/mol.